The van der Waals surface area contributed by atoms with Crippen molar-refractivity contribution in [1.29, 1.82) is 0 Å². The van der Waals surface area contributed by atoms with Crippen LogP contribution in [0.4, 0.5) is 18.9 Å². The summed E-state index contributed by atoms with van der Waals surface area (Å²) in [5.41, 5.74) is 4.99. The van der Waals surface area contributed by atoms with Gasteiger partial charge in [0.05, 0.1) is 5.56 Å². The maximum Gasteiger partial charge on any atom is 0.418 e. The Hall–Kier alpha value is -1.23. The van der Waals surface area contributed by atoms with E-state index in [1.165, 1.54) is 12.1 Å². The number of hydrogen-bond acceptors (Lipinski definition) is 2. The predicted octanol–water partition coefficient (Wildman–Crippen LogP) is 2.85. The number of anilines is 1. The highest BCUT2D eigenvalue weighted by molar-refractivity contribution is 5.52. The topological polar surface area (TPSA) is 38.0 Å². The molecule has 0 amide bonds. The van der Waals surface area contributed by atoms with E-state index < -0.39 is 11.7 Å². The van der Waals surface area contributed by atoms with Crippen molar-refractivity contribution >= 4 is 5.69 Å². The fourth-order valence-electron chi connectivity index (χ4n) is 1.32. The van der Waals surface area contributed by atoms with Gasteiger partial charge in [-0.1, -0.05) is 12.1 Å². The fourth-order valence-corrected chi connectivity index (χ4v) is 1.32. The molecule has 0 aliphatic heterocycles. The molecule has 0 heterocycles. The molecule has 0 radical (unpaired) electrons. The van der Waals surface area contributed by atoms with Crippen molar-refractivity contribution in [2.75, 3.05) is 11.9 Å². The van der Waals surface area contributed by atoms with E-state index in [0.29, 0.717) is 13.0 Å². The maximum atomic E-state index is 12.6. The molecule has 0 bridgehead atoms. The van der Waals surface area contributed by atoms with Crippen LogP contribution in [0.2, 0.25) is 0 Å². The Morgan fingerprint density at radius 3 is 2.50 bits per heavy atom. The largest absolute Gasteiger partial charge is 0.418 e. The number of rotatable bonds is 4. The highest BCUT2D eigenvalue weighted by atomic mass is 19.4. The van der Waals surface area contributed by atoms with Crippen LogP contribution in [0, 0.1) is 0 Å². The van der Waals surface area contributed by atoms with Crippen LogP contribution in [-0.4, -0.2) is 12.6 Å². The predicted molar refractivity (Wildman–Crippen MR) is 58.2 cm³/mol. The molecule has 1 aromatic rings. The van der Waals surface area contributed by atoms with E-state index in [4.69, 9.17) is 5.73 Å². The first kappa shape index (κ1) is 12.8. The monoisotopic (exact) mass is 232 g/mol. The Bertz CT molecular complexity index is 334. The summed E-state index contributed by atoms with van der Waals surface area (Å²) in [5, 5.41) is 2.75. The third kappa shape index (κ3) is 3.73. The van der Waals surface area contributed by atoms with E-state index in [1.807, 2.05) is 6.92 Å². The van der Waals surface area contributed by atoms with Gasteiger partial charge in [0.15, 0.2) is 0 Å². The summed E-state index contributed by atoms with van der Waals surface area (Å²) in [6.45, 7) is 2.25. The molecule has 1 unspecified atom stereocenters. The molecule has 3 N–H and O–H groups in total. The molecule has 0 aliphatic carbocycles. The van der Waals surface area contributed by atoms with E-state index in [0.717, 1.165) is 6.07 Å². The van der Waals surface area contributed by atoms with Crippen LogP contribution in [-0.2, 0) is 6.18 Å². The molecule has 1 rings (SSSR count). The minimum atomic E-state index is -4.32. The third-order valence-electron chi connectivity index (χ3n) is 2.15. The van der Waals surface area contributed by atoms with Gasteiger partial charge in [-0.2, -0.15) is 13.2 Å². The summed E-state index contributed by atoms with van der Waals surface area (Å²) in [7, 11) is 0. The van der Waals surface area contributed by atoms with E-state index >= 15 is 0 Å². The molecule has 1 atom stereocenters. The Balaban J connectivity index is 2.72. The van der Waals surface area contributed by atoms with Crippen molar-refractivity contribution in [3.05, 3.63) is 29.8 Å². The van der Waals surface area contributed by atoms with Crippen molar-refractivity contribution in [3.8, 4) is 0 Å². The maximum absolute atomic E-state index is 12.6. The van der Waals surface area contributed by atoms with Gasteiger partial charge in [-0.25, -0.2) is 0 Å². The SMILES string of the molecule is CC(N)CCNc1ccccc1C(F)(F)F. The van der Waals surface area contributed by atoms with Crippen LogP contribution in [0.5, 0.6) is 0 Å². The minimum absolute atomic E-state index is 0.0226. The van der Waals surface area contributed by atoms with Crippen LogP contribution in [0.25, 0.3) is 0 Å². The summed E-state index contributed by atoms with van der Waals surface area (Å²) in [6.07, 6.45) is -3.69. The number of halogens is 3. The first-order chi connectivity index (χ1) is 7.41. The average Bonchev–Trinajstić information content (AvgIpc) is 2.16. The molecule has 5 heteroatoms. The molecule has 0 aromatic heterocycles. The van der Waals surface area contributed by atoms with Gasteiger partial charge in [-0.3, -0.25) is 0 Å². The summed E-state index contributed by atoms with van der Waals surface area (Å²) in [6, 6.07) is 5.41. The minimum Gasteiger partial charge on any atom is -0.384 e. The lowest BCUT2D eigenvalue weighted by molar-refractivity contribution is -0.136. The standard InChI is InChI=1S/C11H15F3N2/c1-8(15)6-7-16-10-5-3-2-4-9(10)11(12,13)14/h2-5,8,16H,6-7,15H2,1H3. The lowest BCUT2D eigenvalue weighted by atomic mass is 10.1. The number of hydrogen-bond donors (Lipinski definition) is 2. The molecule has 0 spiro atoms. The number of benzene rings is 1. The van der Waals surface area contributed by atoms with Crippen molar-refractivity contribution in [2.45, 2.75) is 25.6 Å². The van der Waals surface area contributed by atoms with E-state index in [1.54, 1.807) is 6.07 Å². The molecule has 0 saturated carbocycles. The van der Waals surface area contributed by atoms with E-state index in [2.05, 4.69) is 5.32 Å². The van der Waals surface area contributed by atoms with Gasteiger partial charge in [-0.05, 0) is 25.5 Å². The van der Waals surface area contributed by atoms with Crippen LogP contribution < -0.4 is 11.1 Å². The number of alkyl halides is 3. The van der Waals surface area contributed by atoms with Gasteiger partial charge >= 0.3 is 6.18 Å². The van der Waals surface area contributed by atoms with Crippen molar-refractivity contribution < 1.29 is 13.2 Å². The van der Waals surface area contributed by atoms with Crippen LogP contribution >= 0.6 is 0 Å². The zero-order valence-electron chi connectivity index (χ0n) is 9.01. The first-order valence-electron chi connectivity index (χ1n) is 5.07. The Morgan fingerprint density at radius 2 is 1.94 bits per heavy atom. The number of nitrogens with two attached hydrogens (primary N) is 1. The lowest BCUT2D eigenvalue weighted by Crippen LogP contribution is -2.20. The Morgan fingerprint density at radius 1 is 1.31 bits per heavy atom. The highest BCUT2D eigenvalue weighted by Crippen LogP contribution is 2.34. The molecular formula is C11H15F3N2. The first-order valence-corrected chi connectivity index (χ1v) is 5.07. The van der Waals surface area contributed by atoms with Gasteiger partial charge in [0.25, 0.3) is 0 Å². The van der Waals surface area contributed by atoms with Crippen molar-refractivity contribution in [2.24, 2.45) is 5.73 Å². The molecule has 2 nitrogen and oxygen atoms in total. The smallest absolute Gasteiger partial charge is 0.384 e. The zero-order valence-corrected chi connectivity index (χ0v) is 9.01. The summed E-state index contributed by atoms with van der Waals surface area (Å²) < 4.78 is 37.7. The number of nitrogens with one attached hydrogen (secondary N) is 1. The summed E-state index contributed by atoms with van der Waals surface area (Å²) >= 11 is 0. The zero-order chi connectivity index (χ0) is 12.2. The van der Waals surface area contributed by atoms with Gasteiger partial charge in [0.2, 0.25) is 0 Å². The van der Waals surface area contributed by atoms with Crippen molar-refractivity contribution in [1.82, 2.24) is 0 Å². The lowest BCUT2D eigenvalue weighted by Gasteiger charge is -2.14. The molecular weight excluding hydrogens is 217 g/mol. The van der Waals surface area contributed by atoms with Gasteiger partial charge in [-0.15, -0.1) is 0 Å². The number of para-hydroxylation sites is 1. The second-order valence-electron chi connectivity index (χ2n) is 3.74. The molecule has 90 valence electrons. The van der Waals surface area contributed by atoms with Crippen LogP contribution in [0.1, 0.15) is 18.9 Å². The van der Waals surface area contributed by atoms with Gasteiger partial charge < -0.3 is 11.1 Å². The van der Waals surface area contributed by atoms with Gasteiger partial charge in [0, 0.05) is 18.3 Å². The Kier molecular flexibility index (Phi) is 4.18. The third-order valence-corrected chi connectivity index (χ3v) is 2.15. The molecule has 16 heavy (non-hydrogen) atoms. The average molecular weight is 232 g/mol. The van der Waals surface area contributed by atoms with Gasteiger partial charge in [0.1, 0.15) is 0 Å². The highest BCUT2D eigenvalue weighted by Gasteiger charge is 2.32. The molecule has 0 fully saturated rings. The van der Waals surface area contributed by atoms with Crippen molar-refractivity contribution in [3.63, 3.8) is 0 Å². The molecule has 1 aromatic carbocycles. The summed E-state index contributed by atoms with van der Waals surface area (Å²) in [4.78, 5) is 0. The van der Waals surface area contributed by atoms with Crippen LogP contribution in [0.3, 0.4) is 0 Å². The molecule has 0 saturated heterocycles. The van der Waals surface area contributed by atoms with Crippen LogP contribution in [0.15, 0.2) is 24.3 Å². The van der Waals surface area contributed by atoms with E-state index in [9.17, 15) is 13.2 Å². The second-order valence-corrected chi connectivity index (χ2v) is 3.74. The van der Waals surface area contributed by atoms with E-state index in [-0.39, 0.29) is 11.7 Å². The fraction of sp³-hybridized carbons (Fsp3) is 0.455. The normalized spacial score (nSPS) is 13.6. The quantitative estimate of drug-likeness (QED) is 0.837. The molecule has 0 aliphatic rings. The Labute approximate surface area is 92.6 Å². The second kappa shape index (κ2) is 5.21. The summed E-state index contributed by atoms with van der Waals surface area (Å²) in [5.74, 6) is 0.